The van der Waals surface area contributed by atoms with Crippen LogP contribution in [-0.4, -0.2) is 27.0 Å². The van der Waals surface area contributed by atoms with Crippen molar-refractivity contribution in [3.63, 3.8) is 0 Å². The number of pyridine rings is 1. The van der Waals surface area contributed by atoms with Gasteiger partial charge in [0.25, 0.3) is 0 Å². The summed E-state index contributed by atoms with van der Waals surface area (Å²) in [7, 11) is 1.53. The van der Waals surface area contributed by atoms with Crippen LogP contribution in [0.1, 0.15) is 11.1 Å². The van der Waals surface area contributed by atoms with Crippen molar-refractivity contribution in [3.8, 4) is 5.75 Å². The van der Waals surface area contributed by atoms with Crippen LogP contribution >= 0.6 is 11.6 Å². The summed E-state index contributed by atoms with van der Waals surface area (Å²) in [6.45, 7) is 0.209. The van der Waals surface area contributed by atoms with Gasteiger partial charge in [-0.2, -0.15) is 13.2 Å². The van der Waals surface area contributed by atoms with E-state index in [2.05, 4.69) is 25.6 Å². The Kier molecular flexibility index (Phi) is 6.39. The van der Waals surface area contributed by atoms with Gasteiger partial charge in [0, 0.05) is 12.7 Å². The average Bonchev–Trinajstić information content (AvgIpc) is 2.73. The minimum atomic E-state index is -4.63. The van der Waals surface area contributed by atoms with Gasteiger partial charge in [-0.3, -0.25) is 10.1 Å². The third-order valence-corrected chi connectivity index (χ3v) is 4.32. The Labute approximate surface area is 178 Å². The van der Waals surface area contributed by atoms with Gasteiger partial charge in [-0.05, 0) is 23.8 Å². The van der Waals surface area contributed by atoms with Crippen LogP contribution in [0.4, 0.5) is 36.3 Å². The lowest BCUT2D eigenvalue weighted by Gasteiger charge is -2.12. The number of hydrogen-bond acceptors (Lipinski definition) is 8. The van der Waals surface area contributed by atoms with Gasteiger partial charge in [0.1, 0.15) is 12.1 Å². The third-order valence-electron chi connectivity index (χ3n) is 4.03. The van der Waals surface area contributed by atoms with Gasteiger partial charge in [0.2, 0.25) is 11.6 Å². The number of halogens is 4. The molecule has 3 aromatic rings. The minimum absolute atomic E-state index is 0.0960. The Bertz CT molecular complexity index is 1100. The Morgan fingerprint density at radius 1 is 1.13 bits per heavy atom. The van der Waals surface area contributed by atoms with Crippen LogP contribution in [-0.2, 0) is 12.7 Å². The summed E-state index contributed by atoms with van der Waals surface area (Å²) in [6.07, 6.45) is -3.01. The van der Waals surface area contributed by atoms with Crippen molar-refractivity contribution in [1.29, 1.82) is 0 Å². The van der Waals surface area contributed by atoms with Crippen molar-refractivity contribution in [3.05, 3.63) is 69.1 Å². The maximum absolute atomic E-state index is 12.8. The van der Waals surface area contributed by atoms with E-state index in [4.69, 9.17) is 16.3 Å². The molecule has 13 heteroatoms. The van der Waals surface area contributed by atoms with Gasteiger partial charge in [-0.15, -0.1) is 0 Å². The molecule has 2 heterocycles. The number of nitrogens with one attached hydrogen (secondary N) is 2. The van der Waals surface area contributed by atoms with Crippen LogP contribution in [0.5, 0.6) is 5.75 Å². The Morgan fingerprint density at radius 3 is 2.39 bits per heavy atom. The molecular weight excluding hydrogens is 441 g/mol. The predicted molar refractivity (Wildman–Crippen MR) is 107 cm³/mol. The van der Waals surface area contributed by atoms with Gasteiger partial charge in [0.15, 0.2) is 5.82 Å². The van der Waals surface area contributed by atoms with E-state index < -0.39 is 22.4 Å². The summed E-state index contributed by atoms with van der Waals surface area (Å²) in [5, 5.41) is 16.6. The molecule has 1 aromatic carbocycles. The molecule has 31 heavy (non-hydrogen) atoms. The molecule has 2 aromatic heterocycles. The van der Waals surface area contributed by atoms with E-state index in [1.54, 1.807) is 24.3 Å². The second-order valence-corrected chi connectivity index (χ2v) is 6.46. The second kappa shape index (κ2) is 9.00. The third kappa shape index (κ3) is 5.28. The summed E-state index contributed by atoms with van der Waals surface area (Å²) >= 11 is 5.86. The lowest BCUT2D eigenvalue weighted by molar-refractivity contribution is -0.383. The fourth-order valence-electron chi connectivity index (χ4n) is 2.50. The van der Waals surface area contributed by atoms with Crippen molar-refractivity contribution in [2.75, 3.05) is 17.7 Å². The quantitative estimate of drug-likeness (QED) is 0.386. The van der Waals surface area contributed by atoms with Gasteiger partial charge in [-0.1, -0.05) is 23.7 Å². The second-order valence-electron chi connectivity index (χ2n) is 6.06. The lowest BCUT2D eigenvalue weighted by Crippen LogP contribution is -2.10. The molecule has 0 atom stereocenters. The normalized spacial score (nSPS) is 11.1. The first-order chi connectivity index (χ1) is 14.7. The average molecular weight is 455 g/mol. The zero-order valence-corrected chi connectivity index (χ0v) is 16.5. The largest absolute Gasteiger partial charge is 0.497 e. The molecule has 0 aliphatic heterocycles. The molecule has 0 saturated heterocycles. The SMILES string of the molecule is COc1ccc(CNc2ncnc(Nc3ncc(C(F)(F)F)cc3Cl)c2[N+](=O)[O-])cc1. The van der Waals surface area contributed by atoms with Crippen LogP contribution in [0.2, 0.25) is 5.02 Å². The first kappa shape index (κ1) is 22.0. The molecule has 0 amide bonds. The van der Waals surface area contributed by atoms with E-state index in [-0.39, 0.29) is 29.0 Å². The molecule has 0 aliphatic rings. The zero-order chi connectivity index (χ0) is 22.6. The Balaban J connectivity index is 1.85. The summed E-state index contributed by atoms with van der Waals surface area (Å²) in [5.41, 5.74) is -0.772. The number of nitro groups is 1. The predicted octanol–water partition coefficient (Wildman–Crippen LogP) is 4.82. The highest BCUT2D eigenvalue weighted by atomic mass is 35.5. The minimum Gasteiger partial charge on any atom is -0.497 e. The number of anilines is 3. The van der Waals surface area contributed by atoms with Gasteiger partial charge < -0.3 is 15.4 Å². The first-order valence-corrected chi connectivity index (χ1v) is 8.92. The highest BCUT2D eigenvalue weighted by Gasteiger charge is 2.32. The van der Waals surface area contributed by atoms with Crippen LogP contribution in [0.25, 0.3) is 0 Å². The van der Waals surface area contributed by atoms with Gasteiger partial charge in [0.05, 0.1) is 22.6 Å². The number of rotatable bonds is 7. The Hall–Kier alpha value is -3.67. The zero-order valence-electron chi connectivity index (χ0n) is 15.8. The molecule has 3 rings (SSSR count). The molecule has 9 nitrogen and oxygen atoms in total. The van der Waals surface area contributed by atoms with E-state index in [1.807, 2.05) is 0 Å². The summed E-state index contributed by atoms with van der Waals surface area (Å²) in [4.78, 5) is 22.2. The molecule has 0 unspecified atom stereocenters. The lowest BCUT2D eigenvalue weighted by atomic mass is 10.2. The molecule has 0 spiro atoms. The molecule has 2 N–H and O–H groups in total. The van der Waals surface area contributed by atoms with Crippen molar-refractivity contribution in [2.24, 2.45) is 0 Å². The van der Waals surface area contributed by atoms with Crippen molar-refractivity contribution in [2.45, 2.75) is 12.7 Å². The van der Waals surface area contributed by atoms with E-state index in [1.165, 1.54) is 7.11 Å². The number of ether oxygens (including phenoxy) is 1. The number of methoxy groups -OCH3 is 1. The van der Waals surface area contributed by atoms with Crippen molar-refractivity contribution >= 4 is 34.7 Å². The van der Waals surface area contributed by atoms with Crippen LogP contribution in [0.3, 0.4) is 0 Å². The molecule has 0 aliphatic carbocycles. The van der Waals surface area contributed by atoms with E-state index >= 15 is 0 Å². The van der Waals surface area contributed by atoms with E-state index in [9.17, 15) is 23.3 Å². The van der Waals surface area contributed by atoms with Crippen LogP contribution < -0.4 is 15.4 Å². The maximum Gasteiger partial charge on any atom is 0.417 e. The number of benzene rings is 1. The van der Waals surface area contributed by atoms with Crippen LogP contribution in [0.15, 0.2) is 42.9 Å². The van der Waals surface area contributed by atoms with Crippen molar-refractivity contribution < 1.29 is 22.8 Å². The molecule has 0 radical (unpaired) electrons. The number of alkyl halides is 3. The van der Waals surface area contributed by atoms with Gasteiger partial charge in [-0.25, -0.2) is 15.0 Å². The topological polar surface area (TPSA) is 115 Å². The number of aromatic nitrogens is 3. The standard InChI is InChI=1S/C18H14ClF3N6O3/c1-31-12-4-2-10(3-5-12)7-23-16-14(28(29)30)17(26-9-25-16)27-15-13(19)6-11(8-24-15)18(20,21)22/h2-6,8-9H,7H2,1H3,(H2,23,24,25,26,27). The first-order valence-electron chi connectivity index (χ1n) is 8.55. The molecule has 0 fully saturated rings. The highest BCUT2D eigenvalue weighted by molar-refractivity contribution is 6.33. The molecule has 0 saturated carbocycles. The molecule has 162 valence electrons. The summed E-state index contributed by atoms with van der Waals surface area (Å²) in [5.74, 6) is 0.0505. The summed E-state index contributed by atoms with van der Waals surface area (Å²) < 4.78 is 43.4. The monoisotopic (exact) mass is 454 g/mol. The van der Waals surface area contributed by atoms with Crippen molar-refractivity contribution in [1.82, 2.24) is 15.0 Å². The van der Waals surface area contributed by atoms with E-state index in [0.717, 1.165) is 11.9 Å². The molecular formula is C18H14ClF3N6O3. The molecule has 0 bridgehead atoms. The van der Waals surface area contributed by atoms with Gasteiger partial charge >= 0.3 is 11.9 Å². The highest BCUT2D eigenvalue weighted by Crippen LogP contribution is 2.35. The maximum atomic E-state index is 12.8. The van der Waals surface area contributed by atoms with Crippen LogP contribution in [0, 0.1) is 10.1 Å². The number of nitrogens with zero attached hydrogens (tertiary/aromatic N) is 4. The number of hydrogen-bond donors (Lipinski definition) is 2. The summed E-state index contributed by atoms with van der Waals surface area (Å²) in [6, 6.07) is 7.66. The smallest absolute Gasteiger partial charge is 0.417 e. The fraction of sp³-hybridized carbons (Fsp3) is 0.167. The van der Waals surface area contributed by atoms with E-state index in [0.29, 0.717) is 18.0 Å². The Morgan fingerprint density at radius 2 is 1.81 bits per heavy atom. The fourth-order valence-corrected chi connectivity index (χ4v) is 2.71.